The predicted octanol–water partition coefficient (Wildman–Crippen LogP) is 1.83. The Bertz CT molecular complexity index is 374. The van der Waals surface area contributed by atoms with Crippen LogP contribution in [0.4, 0.5) is 0 Å². The summed E-state index contributed by atoms with van der Waals surface area (Å²) in [7, 11) is 0. The van der Waals surface area contributed by atoms with E-state index in [9.17, 15) is 4.79 Å². The fourth-order valence-electron chi connectivity index (χ4n) is 1.47. The van der Waals surface area contributed by atoms with Gasteiger partial charge in [-0.2, -0.15) is 0 Å². The van der Waals surface area contributed by atoms with Crippen LogP contribution < -0.4 is 0 Å². The lowest BCUT2D eigenvalue weighted by atomic mass is 10.1. The minimum absolute atomic E-state index is 0.202. The predicted molar refractivity (Wildman–Crippen MR) is 57.3 cm³/mol. The number of esters is 1. The monoisotopic (exact) mass is 270 g/mol. The fraction of sp³-hybridized carbons (Fsp3) is 0.500. The highest BCUT2D eigenvalue weighted by Crippen LogP contribution is 2.47. The molecule has 5 heteroatoms. The zero-order chi connectivity index (χ0) is 10.9. The number of halogens is 1. The van der Waals surface area contributed by atoms with Crippen LogP contribution in [0.3, 0.4) is 0 Å². The second kappa shape index (κ2) is 3.89. The molecule has 0 saturated heterocycles. The van der Waals surface area contributed by atoms with Gasteiger partial charge in [0.25, 0.3) is 0 Å². The van der Waals surface area contributed by atoms with E-state index >= 15 is 0 Å². The van der Waals surface area contributed by atoms with Crippen LogP contribution in [0.1, 0.15) is 25.6 Å². The van der Waals surface area contributed by atoms with E-state index in [1.54, 1.807) is 19.3 Å². The summed E-state index contributed by atoms with van der Waals surface area (Å²) in [6, 6.07) is 0. The zero-order valence-electron chi connectivity index (χ0n) is 8.36. The summed E-state index contributed by atoms with van der Waals surface area (Å²) in [6.45, 7) is 2.20. The summed E-state index contributed by atoms with van der Waals surface area (Å²) in [4.78, 5) is 20.0. The molecule has 1 aromatic heterocycles. The maximum atomic E-state index is 11.7. The van der Waals surface area contributed by atoms with E-state index in [1.165, 1.54) is 0 Å². The Morgan fingerprint density at radius 1 is 1.53 bits per heavy atom. The molecule has 0 radical (unpaired) electrons. The largest absolute Gasteiger partial charge is 0.465 e. The van der Waals surface area contributed by atoms with Gasteiger partial charge in [-0.15, -0.1) is 0 Å². The molecule has 1 aliphatic rings. The van der Waals surface area contributed by atoms with Crippen LogP contribution in [0.15, 0.2) is 16.9 Å². The molecule has 0 aromatic carbocycles. The second-order valence-electron chi connectivity index (χ2n) is 3.53. The third kappa shape index (κ3) is 1.88. The molecule has 0 N–H and O–H groups in total. The van der Waals surface area contributed by atoms with Crippen molar-refractivity contribution in [3.05, 3.63) is 22.7 Å². The van der Waals surface area contributed by atoms with Crippen LogP contribution in [-0.4, -0.2) is 22.5 Å². The Hall–Kier alpha value is -0.970. The van der Waals surface area contributed by atoms with E-state index in [2.05, 4.69) is 25.9 Å². The maximum Gasteiger partial charge on any atom is 0.319 e. The van der Waals surface area contributed by atoms with Gasteiger partial charge in [-0.05, 0) is 35.7 Å². The third-order valence-electron chi connectivity index (χ3n) is 2.46. The van der Waals surface area contributed by atoms with E-state index in [1.807, 2.05) is 0 Å². The molecule has 1 saturated carbocycles. The van der Waals surface area contributed by atoms with Crippen LogP contribution in [0.2, 0.25) is 0 Å². The van der Waals surface area contributed by atoms with Crippen LogP contribution in [-0.2, 0) is 14.9 Å². The molecule has 0 amide bonds. The van der Waals surface area contributed by atoms with Gasteiger partial charge in [-0.25, -0.2) is 9.97 Å². The van der Waals surface area contributed by atoms with Crippen molar-refractivity contribution in [3.63, 3.8) is 0 Å². The molecule has 4 nitrogen and oxygen atoms in total. The van der Waals surface area contributed by atoms with E-state index in [4.69, 9.17) is 4.74 Å². The molecular weight excluding hydrogens is 260 g/mol. The lowest BCUT2D eigenvalue weighted by molar-refractivity contribution is -0.146. The first-order chi connectivity index (χ1) is 7.19. The van der Waals surface area contributed by atoms with Crippen molar-refractivity contribution in [2.75, 3.05) is 6.61 Å². The summed E-state index contributed by atoms with van der Waals surface area (Å²) < 4.78 is 5.83. The van der Waals surface area contributed by atoms with Crippen molar-refractivity contribution in [1.82, 2.24) is 9.97 Å². The second-order valence-corrected chi connectivity index (χ2v) is 4.44. The molecule has 0 unspecified atom stereocenters. The Kier molecular flexibility index (Phi) is 2.73. The molecule has 0 atom stereocenters. The summed E-state index contributed by atoms with van der Waals surface area (Å²) in [5.74, 6) is 0.372. The third-order valence-corrected chi connectivity index (χ3v) is 2.87. The first-order valence-corrected chi connectivity index (χ1v) is 5.63. The van der Waals surface area contributed by atoms with Gasteiger partial charge < -0.3 is 4.74 Å². The van der Waals surface area contributed by atoms with Crippen LogP contribution in [0.25, 0.3) is 0 Å². The van der Waals surface area contributed by atoms with Crippen molar-refractivity contribution in [2.45, 2.75) is 25.2 Å². The average molecular weight is 271 g/mol. The van der Waals surface area contributed by atoms with E-state index in [0.717, 1.165) is 17.3 Å². The first-order valence-electron chi connectivity index (χ1n) is 4.84. The van der Waals surface area contributed by atoms with Crippen molar-refractivity contribution in [1.29, 1.82) is 0 Å². The lowest BCUT2D eigenvalue weighted by Gasteiger charge is -2.11. The van der Waals surface area contributed by atoms with Gasteiger partial charge in [0.2, 0.25) is 0 Å². The number of hydrogen-bond acceptors (Lipinski definition) is 4. The van der Waals surface area contributed by atoms with Crippen LogP contribution in [0, 0.1) is 0 Å². The maximum absolute atomic E-state index is 11.7. The molecule has 0 aliphatic heterocycles. The topological polar surface area (TPSA) is 52.1 Å². The Morgan fingerprint density at radius 2 is 2.13 bits per heavy atom. The van der Waals surface area contributed by atoms with E-state index < -0.39 is 5.41 Å². The number of carbonyl (C=O) groups excluding carboxylic acids is 1. The Balaban J connectivity index is 2.22. The number of carbonyl (C=O) groups is 1. The quantitative estimate of drug-likeness (QED) is 0.787. The number of rotatable bonds is 3. The molecule has 1 aromatic rings. The molecule has 0 bridgehead atoms. The van der Waals surface area contributed by atoms with Gasteiger partial charge in [0, 0.05) is 12.4 Å². The molecule has 1 heterocycles. The van der Waals surface area contributed by atoms with Crippen molar-refractivity contribution in [3.8, 4) is 0 Å². The first kappa shape index (κ1) is 10.5. The molecule has 1 fully saturated rings. The number of nitrogens with zero attached hydrogens (tertiary/aromatic N) is 2. The average Bonchev–Trinajstić information content (AvgIpc) is 3.00. The molecule has 0 spiro atoms. The zero-order valence-corrected chi connectivity index (χ0v) is 9.95. The standard InChI is InChI=1S/C10H11BrN2O2/c1-2-15-9(14)10(3-4-10)8-12-5-7(11)6-13-8/h5-6H,2-4H2,1H3. The molecule has 15 heavy (non-hydrogen) atoms. The molecular formula is C10H11BrN2O2. The fourth-order valence-corrected chi connectivity index (χ4v) is 1.68. The van der Waals surface area contributed by atoms with Gasteiger partial charge in [0.15, 0.2) is 0 Å². The number of ether oxygens (including phenoxy) is 1. The summed E-state index contributed by atoms with van der Waals surface area (Å²) >= 11 is 3.26. The summed E-state index contributed by atoms with van der Waals surface area (Å²) in [5.41, 5.74) is -0.559. The van der Waals surface area contributed by atoms with Gasteiger partial charge >= 0.3 is 5.97 Å². The Labute approximate surface area is 96.2 Å². The van der Waals surface area contributed by atoms with Gasteiger partial charge in [0.1, 0.15) is 11.2 Å². The van der Waals surface area contributed by atoms with E-state index in [0.29, 0.717) is 12.4 Å². The molecule has 80 valence electrons. The minimum atomic E-state index is -0.559. The molecule has 2 rings (SSSR count). The van der Waals surface area contributed by atoms with Crippen molar-refractivity contribution >= 4 is 21.9 Å². The minimum Gasteiger partial charge on any atom is -0.465 e. The van der Waals surface area contributed by atoms with Gasteiger partial charge in [-0.3, -0.25) is 4.79 Å². The summed E-state index contributed by atoms with van der Waals surface area (Å²) in [6.07, 6.45) is 4.88. The number of hydrogen-bond donors (Lipinski definition) is 0. The smallest absolute Gasteiger partial charge is 0.319 e. The molecule has 1 aliphatic carbocycles. The normalized spacial score (nSPS) is 17.2. The van der Waals surface area contributed by atoms with Crippen LogP contribution in [0.5, 0.6) is 0 Å². The van der Waals surface area contributed by atoms with E-state index in [-0.39, 0.29) is 5.97 Å². The lowest BCUT2D eigenvalue weighted by Crippen LogP contribution is -2.25. The van der Waals surface area contributed by atoms with Crippen molar-refractivity contribution in [2.24, 2.45) is 0 Å². The van der Waals surface area contributed by atoms with Gasteiger partial charge in [0.05, 0.1) is 11.1 Å². The highest BCUT2D eigenvalue weighted by atomic mass is 79.9. The Morgan fingerprint density at radius 3 is 2.60 bits per heavy atom. The number of aromatic nitrogens is 2. The SMILES string of the molecule is CCOC(=O)C1(c2ncc(Br)cn2)CC1. The van der Waals surface area contributed by atoms with Gasteiger partial charge in [-0.1, -0.05) is 0 Å². The highest BCUT2D eigenvalue weighted by Gasteiger charge is 2.55. The highest BCUT2D eigenvalue weighted by molar-refractivity contribution is 9.10. The summed E-state index contributed by atoms with van der Waals surface area (Å²) in [5, 5.41) is 0. The van der Waals surface area contributed by atoms with Crippen LogP contribution >= 0.6 is 15.9 Å². The van der Waals surface area contributed by atoms with Crippen molar-refractivity contribution < 1.29 is 9.53 Å².